The van der Waals surface area contributed by atoms with Gasteiger partial charge in [-0.05, 0) is 19.8 Å². The van der Waals surface area contributed by atoms with Crippen LogP contribution in [0.25, 0.3) is 0 Å². The van der Waals surface area contributed by atoms with Gasteiger partial charge in [-0.25, -0.2) is 4.79 Å². The van der Waals surface area contributed by atoms with E-state index in [0.717, 1.165) is 19.1 Å². The van der Waals surface area contributed by atoms with E-state index in [1.54, 1.807) is 6.92 Å². The topological polar surface area (TPSA) is 43.4 Å². The van der Waals surface area contributed by atoms with E-state index >= 15 is 0 Å². The zero-order chi connectivity index (χ0) is 10.8. The smallest absolute Gasteiger partial charge is 0.335 e. The van der Waals surface area contributed by atoms with Crippen molar-refractivity contribution in [1.82, 2.24) is 0 Å². The van der Waals surface area contributed by atoms with Crippen molar-refractivity contribution < 1.29 is 14.3 Å². The second kappa shape index (κ2) is 4.01. The molecule has 0 spiro atoms. The summed E-state index contributed by atoms with van der Waals surface area (Å²) in [6, 6.07) is 0. The number of aldehydes is 1. The number of fused-ring (bicyclic) bond motifs is 1. The minimum atomic E-state index is -0.321. The van der Waals surface area contributed by atoms with E-state index < -0.39 is 0 Å². The quantitative estimate of drug-likeness (QED) is 0.400. The second-order valence-electron chi connectivity index (χ2n) is 3.88. The number of hydrogen-bond acceptors (Lipinski definition) is 3. The van der Waals surface area contributed by atoms with Crippen LogP contribution in [-0.4, -0.2) is 18.9 Å². The number of carbonyl (C=O) groups is 2. The predicted molar refractivity (Wildman–Crippen MR) is 55.1 cm³/mol. The van der Waals surface area contributed by atoms with Crippen LogP contribution in [0.4, 0.5) is 0 Å². The molecule has 0 amide bonds. The standard InChI is InChI=1S/C12H14O3/c1-2-15-12(14)11-9-5-3-8(4-6-9)10(11)7-13/h3,5,7-9H,2,4,6H2,1H3. The molecule has 2 bridgehead atoms. The summed E-state index contributed by atoms with van der Waals surface area (Å²) in [5, 5.41) is 0. The number of carbonyl (C=O) groups excluding carboxylic acids is 2. The number of ether oxygens (including phenoxy) is 1. The highest BCUT2D eigenvalue weighted by atomic mass is 16.5. The molecule has 0 heterocycles. The van der Waals surface area contributed by atoms with Gasteiger partial charge in [0.25, 0.3) is 0 Å². The van der Waals surface area contributed by atoms with Crippen LogP contribution in [0.5, 0.6) is 0 Å². The summed E-state index contributed by atoms with van der Waals surface area (Å²) in [6.45, 7) is 2.13. The SMILES string of the molecule is CCOC(=O)C1=C(C=O)C2C=CC1CC2. The Kier molecular flexibility index (Phi) is 2.71. The van der Waals surface area contributed by atoms with E-state index in [2.05, 4.69) is 0 Å². The Balaban J connectivity index is 2.34. The Labute approximate surface area is 88.8 Å². The van der Waals surface area contributed by atoms with Crippen molar-refractivity contribution in [3.05, 3.63) is 23.3 Å². The maximum atomic E-state index is 11.7. The minimum Gasteiger partial charge on any atom is -0.463 e. The fourth-order valence-electron chi connectivity index (χ4n) is 2.36. The Morgan fingerprint density at radius 3 is 2.67 bits per heavy atom. The van der Waals surface area contributed by atoms with Crippen molar-refractivity contribution in [2.45, 2.75) is 19.8 Å². The molecule has 0 saturated carbocycles. The summed E-state index contributed by atoms with van der Waals surface area (Å²) in [4.78, 5) is 22.7. The normalized spacial score (nSPS) is 28.1. The van der Waals surface area contributed by atoms with Crippen LogP contribution in [0, 0.1) is 11.8 Å². The summed E-state index contributed by atoms with van der Waals surface area (Å²) < 4.78 is 4.98. The maximum absolute atomic E-state index is 11.7. The van der Waals surface area contributed by atoms with E-state index in [-0.39, 0.29) is 17.8 Å². The first-order chi connectivity index (χ1) is 7.27. The first-order valence-corrected chi connectivity index (χ1v) is 5.32. The van der Waals surface area contributed by atoms with Crippen molar-refractivity contribution in [2.24, 2.45) is 11.8 Å². The highest BCUT2D eigenvalue weighted by Gasteiger charge is 2.35. The first-order valence-electron chi connectivity index (χ1n) is 5.32. The molecule has 0 aromatic heterocycles. The zero-order valence-corrected chi connectivity index (χ0v) is 8.73. The molecule has 0 aliphatic heterocycles. The van der Waals surface area contributed by atoms with Crippen LogP contribution in [0.1, 0.15) is 19.8 Å². The molecule has 80 valence electrons. The fourth-order valence-corrected chi connectivity index (χ4v) is 2.36. The third kappa shape index (κ3) is 1.62. The van der Waals surface area contributed by atoms with Crippen molar-refractivity contribution in [3.8, 4) is 0 Å². The van der Waals surface area contributed by atoms with Crippen LogP contribution in [-0.2, 0) is 14.3 Å². The monoisotopic (exact) mass is 206 g/mol. The minimum absolute atomic E-state index is 0.0919. The molecule has 15 heavy (non-hydrogen) atoms. The molecule has 0 aromatic carbocycles. The van der Waals surface area contributed by atoms with Gasteiger partial charge in [-0.1, -0.05) is 12.2 Å². The lowest BCUT2D eigenvalue weighted by Gasteiger charge is -2.32. The van der Waals surface area contributed by atoms with E-state index in [9.17, 15) is 9.59 Å². The Bertz CT molecular complexity index is 352. The molecular weight excluding hydrogens is 192 g/mol. The molecule has 0 aromatic rings. The third-order valence-electron chi connectivity index (χ3n) is 3.07. The summed E-state index contributed by atoms with van der Waals surface area (Å²) in [6.07, 6.45) is 6.78. The van der Waals surface area contributed by atoms with Crippen LogP contribution in [0.3, 0.4) is 0 Å². The van der Waals surface area contributed by atoms with Gasteiger partial charge in [-0.15, -0.1) is 0 Å². The molecule has 3 heteroatoms. The fraction of sp³-hybridized carbons (Fsp3) is 0.500. The zero-order valence-electron chi connectivity index (χ0n) is 8.73. The van der Waals surface area contributed by atoms with E-state index in [0.29, 0.717) is 17.8 Å². The first kappa shape index (κ1) is 10.1. The summed E-state index contributed by atoms with van der Waals surface area (Å²) in [5.74, 6) is -0.0974. The molecule has 0 fully saturated rings. The molecule has 3 rings (SSSR count). The van der Waals surface area contributed by atoms with Gasteiger partial charge in [0.15, 0.2) is 0 Å². The lowest BCUT2D eigenvalue weighted by molar-refractivity contribution is -0.139. The summed E-state index contributed by atoms with van der Waals surface area (Å²) >= 11 is 0. The number of allylic oxidation sites excluding steroid dienone is 3. The van der Waals surface area contributed by atoms with Gasteiger partial charge in [-0.2, -0.15) is 0 Å². The Morgan fingerprint density at radius 1 is 1.47 bits per heavy atom. The molecular formula is C12H14O3. The van der Waals surface area contributed by atoms with Crippen LogP contribution < -0.4 is 0 Å². The molecule has 2 atom stereocenters. The van der Waals surface area contributed by atoms with Crippen molar-refractivity contribution in [2.75, 3.05) is 6.61 Å². The lowest BCUT2D eigenvalue weighted by atomic mass is 9.72. The second-order valence-corrected chi connectivity index (χ2v) is 3.88. The van der Waals surface area contributed by atoms with Crippen LogP contribution >= 0.6 is 0 Å². The van der Waals surface area contributed by atoms with Gasteiger partial charge in [0.1, 0.15) is 6.29 Å². The molecule has 0 saturated heterocycles. The summed E-state index contributed by atoms with van der Waals surface area (Å²) in [7, 11) is 0. The molecule has 3 aliphatic carbocycles. The Hall–Kier alpha value is -1.38. The van der Waals surface area contributed by atoms with Crippen molar-refractivity contribution in [3.63, 3.8) is 0 Å². The molecule has 3 nitrogen and oxygen atoms in total. The lowest BCUT2D eigenvalue weighted by Crippen LogP contribution is -2.28. The predicted octanol–water partition coefficient (Wildman–Crippen LogP) is 1.64. The van der Waals surface area contributed by atoms with Crippen LogP contribution in [0.2, 0.25) is 0 Å². The van der Waals surface area contributed by atoms with E-state index in [1.807, 2.05) is 12.2 Å². The van der Waals surface area contributed by atoms with Crippen LogP contribution in [0.15, 0.2) is 23.3 Å². The molecule has 3 aliphatic rings. The van der Waals surface area contributed by atoms with Gasteiger partial charge in [0.2, 0.25) is 0 Å². The average Bonchev–Trinajstić information content (AvgIpc) is 2.29. The number of esters is 1. The molecule has 2 unspecified atom stereocenters. The van der Waals surface area contributed by atoms with Crippen molar-refractivity contribution >= 4 is 12.3 Å². The van der Waals surface area contributed by atoms with Gasteiger partial charge in [-0.3, -0.25) is 4.79 Å². The maximum Gasteiger partial charge on any atom is 0.335 e. The molecule has 0 N–H and O–H groups in total. The number of hydrogen-bond donors (Lipinski definition) is 0. The van der Waals surface area contributed by atoms with Crippen molar-refractivity contribution in [1.29, 1.82) is 0 Å². The number of rotatable bonds is 3. The van der Waals surface area contributed by atoms with E-state index in [4.69, 9.17) is 4.74 Å². The van der Waals surface area contributed by atoms with Gasteiger partial charge in [0, 0.05) is 17.4 Å². The van der Waals surface area contributed by atoms with Gasteiger partial charge < -0.3 is 4.74 Å². The van der Waals surface area contributed by atoms with E-state index in [1.165, 1.54) is 0 Å². The highest BCUT2D eigenvalue weighted by molar-refractivity contribution is 5.97. The van der Waals surface area contributed by atoms with Gasteiger partial charge >= 0.3 is 5.97 Å². The third-order valence-corrected chi connectivity index (χ3v) is 3.07. The molecule has 0 radical (unpaired) electrons. The van der Waals surface area contributed by atoms with Gasteiger partial charge in [0.05, 0.1) is 12.2 Å². The largest absolute Gasteiger partial charge is 0.463 e. The highest BCUT2D eigenvalue weighted by Crippen LogP contribution is 2.40. The summed E-state index contributed by atoms with van der Waals surface area (Å²) in [5.41, 5.74) is 1.22. The average molecular weight is 206 g/mol. The Morgan fingerprint density at radius 2 is 2.13 bits per heavy atom.